The van der Waals surface area contributed by atoms with Crippen LogP contribution in [0.5, 0.6) is 0 Å². The maximum atomic E-state index is 13.1. The van der Waals surface area contributed by atoms with E-state index in [0.717, 1.165) is 30.0 Å². The number of hydrogen-bond donors (Lipinski definition) is 3. The van der Waals surface area contributed by atoms with E-state index < -0.39 is 5.97 Å². The lowest BCUT2D eigenvalue weighted by atomic mass is 10.0. The van der Waals surface area contributed by atoms with Crippen LogP contribution in [0.25, 0.3) is 0 Å². The Morgan fingerprint density at radius 2 is 1.71 bits per heavy atom. The van der Waals surface area contributed by atoms with E-state index in [0.29, 0.717) is 32.1 Å². The van der Waals surface area contributed by atoms with Crippen molar-refractivity contribution in [1.82, 2.24) is 10.2 Å². The molecule has 2 aromatic carbocycles. The standard InChI is InChI=1S/C25H24ClN3O4S.ClH/c1-14(2)29-12-18-6-3-15(9-19(18)13-29)23(30)28-20-10-16(25(32)33)4-5-17(20)11-27-24(31)21-7-8-22(26)34-21;/h3-10,14H,11-13H2,1-2H3,(H,27,31)(H,28,30)(H,32,33);1H. The Labute approximate surface area is 218 Å². The number of carboxylic acid groups (broad SMARTS) is 1. The summed E-state index contributed by atoms with van der Waals surface area (Å²) in [5.41, 5.74) is 3.77. The number of carboxylic acids is 1. The summed E-state index contributed by atoms with van der Waals surface area (Å²) >= 11 is 7.06. The molecule has 0 spiro atoms. The normalized spacial score (nSPS) is 12.7. The third-order valence-corrected chi connectivity index (χ3v) is 7.02. The summed E-state index contributed by atoms with van der Waals surface area (Å²) in [6.07, 6.45) is 0. The Kier molecular flexibility index (Phi) is 8.56. The minimum atomic E-state index is -1.11. The van der Waals surface area contributed by atoms with Crippen LogP contribution in [0.1, 0.15) is 60.9 Å². The zero-order valence-electron chi connectivity index (χ0n) is 19.1. The number of amides is 2. The van der Waals surface area contributed by atoms with Gasteiger partial charge in [0.2, 0.25) is 0 Å². The summed E-state index contributed by atoms with van der Waals surface area (Å²) in [6.45, 7) is 6.03. The molecular weight excluding hydrogens is 509 g/mol. The van der Waals surface area contributed by atoms with Crippen molar-refractivity contribution in [3.8, 4) is 0 Å². The molecular formula is C25H25Cl2N3O4S. The molecule has 2 amide bonds. The second-order valence-corrected chi connectivity index (χ2v) is 10.1. The second-order valence-electron chi connectivity index (χ2n) is 8.40. The summed E-state index contributed by atoms with van der Waals surface area (Å²) in [6, 6.07) is 13.7. The monoisotopic (exact) mass is 533 g/mol. The average molecular weight is 534 g/mol. The molecule has 0 atom stereocenters. The van der Waals surface area contributed by atoms with Gasteiger partial charge in [-0.15, -0.1) is 23.7 Å². The number of thiophene rings is 1. The Balaban J connectivity index is 0.00000342. The van der Waals surface area contributed by atoms with Crippen LogP contribution in [-0.2, 0) is 19.6 Å². The van der Waals surface area contributed by atoms with Crippen LogP contribution in [0.3, 0.4) is 0 Å². The molecule has 2 heterocycles. The molecule has 3 N–H and O–H groups in total. The molecule has 0 bridgehead atoms. The smallest absolute Gasteiger partial charge is 0.335 e. The fourth-order valence-corrected chi connectivity index (χ4v) is 4.76. The van der Waals surface area contributed by atoms with Crippen LogP contribution in [0.15, 0.2) is 48.5 Å². The largest absolute Gasteiger partial charge is 0.478 e. The summed E-state index contributed by atoms with van der Waals surface area (Å²) < 4.78 is 0.509. The Bertz CT molecular complexity index is 1280. The van der Waals surface area contributed by atoms with E-state index in [9.17, 15) is 19.5 Å². The van der Waals surface area contributed by atoms with Gasteiger partial charge < -0.3 is 15.7 Å². The molecule has 3 aromatic rings. The molecule has 7 nitrogen and oxygen atoms in total. The molecule has 0 fully saturated rings. The van der Waals surface area contributed by atoms with Gasteiger partial charge in [0.25, 0.3) is 11.8 Å². The lowest BCUT2D eigenvalue weighted by Crippen LogP contribution is -2.24. The van der Waals surface area contributed by atoms with Crippen molar-refractivity contribution in [2.24, 2.45) is 0 Å². The SMILES string of the molecule is CC(C)N1Cc2ccc(C(=O)Nc3cc(C(=O)O)ccc3CNC(=O)c3ccc(Cl)s3)cc2C1.Cl. The second kappa shape index (κ2) is 11.2. The first kappa shape index (κ1) is 26.7. The fraction of sp³-hybridized carbons (Fsp3) is 0.240. The summed E-state index contributed by atoms with van der Waals surface area (Å²) in [5.74, 6) is -1.75. The molecule has 0 saturated heterocycles. The van der Waals surface area contributed by atoms with Crippen molar-refractivity contribution in [3.63, 3.8) is 0 Å². The number of carbonyl (C=O) groups is 3. The van der Waals surface area contributed by atoms with Gasteiger partial charge in [-0.2, -0.15) is 0 Å². The van der Waals surface area contributed by atoms with E-state index >= 15 is 0 Å². The molecule has 184 valence electrons. The zero-order valence-corrected chi connectivity index (χ0v) is 21.5. The van der Waals surface area contributed by atoms with Crippen LogP contribution in [-0.4, -0.2) is 33.8 Å². The number of halogens is 2. The maximum Gasteiger partial charge on any atom is 0.335 e. The summed E-state index contributed by atoms with van der Waals surface area (Å²) in [5, 5.41) is 15.0. The highest BCUT2D eigenvalue weighted by atomic mass is 35.5. The number of nitrogens with zero attached hydrogens (tertiary/aromatic N) is 1. The lowest BCUT2D eigenvalue weighted by Gasteiger charge is -2.18. The van der Waals surface area contributed by atoms with Gasteiger partial charge in [-0.3, -0.25) is 14.5 Å². The van der Waals surface area contributed by atoms with E-state index in [1.165, 1.54) is 17.7 Å². The van der Waals surface area contributed by atoms with Crippen LogP contribution < -0.4 is 10.6 Å². The van der Waals surface area contributed by atoms with Gasteiger partial charge in [0, 0.05) is 36.9 Å². The molecule has 1 aliphatic heterocycles. The first-order chi connectivity index (χ1) is 16.2. The maximum absolute atomic E-state index is 13.1. The van der Waals surface area contributed by atoms with E-state index in [-0.39, 0.29) is 36.3 Å². The molecule has 1 aliphatic rings. The van der Waals surface area contributed by atoms with Crippen LogP contribution in [0.2, 0.25) is 4.34 Å². The van der Waals surface area contributed by atoms with E-state index in [4.69, 9.17) is 11.6 Å². The van der Waals surface area contributed by atoms with Crippen molar-refractivity contribution < 1.29 is 19.5 Å². The minimum Gasteiger partial charge on any atom is -0.478 e. The Morgan fingerprint density at radius 3 is 2.37 bits per heavy atom. The molecule has 1 aromatic heterocycles. The van der Waals surface area contributed by atoms with Crippen molar-refractivity contribution in [3.05, 3.63) is 85.6 Å². The third kappa shape index (κ3) is 6.21. The number of anilines is 1. The molecule has 0 aliphatic carbocycles. The highest BCUT2D eigenvalue weighted by Crippen LogP contribution is 2.27. The van der Waals surface area contributed by atoms with Gasteiger partial charge in [-0.05, 0) is 66.9 Å². The highest BCUT2D eigenvalue weighted by Gasteiger charge is 2.22. The number of aromatic carboxylic acids is 1. The number of benzene rings is 2. The van der Waals surface area contributed by atoms with Gasteiger partial charge in [-0.1, -0.05) is 23.7 Å². The van der Waals surface area contributed by atoms with Crippen molar-refractivity contribution >= 4 is 58.8 Å². The predicted molar refractivity (Wildman–Crippen MR) is 140 cm³/mol. The molecule has 4 rings (SSSR count). The summed E-state index contributed by atoms with van der Waals surface area (Å²) in [4.78, 5) is 39.7. The Hall–Kier alpha value is -2.91. The highest BCUT2D eigenvalue weighted by molar-refractivity contribution is 7.18. The lowest BCUT2D eigenvalue weighted by molar-refractivity contribution is 0.0696. The topological polar surface area (TPSA) is 98.7 Å². The van der Waals surface area contributed by atoms with Gasteiger partial charge in [0.15, 0.2) is 0 Å². The van der Waals surface area contributed by atoms with Crippen molar-refractivity contribution in [2.45, 2.75) is 39.5 Å². The minimum absolute atomic E-state index is 0. The average Bonchev–Trinajstić information content (AvgIpc) is 3.43. The van der Waals surface area contributed by atoms with Crippen molar-refractivity contribution in [1.29, 1.82) is 0 Å². The summed E-state index contributed by atoms with van der Waals surface area (Å²) in [7, 11) is 0. The number of carbonyl (C=O) groups excluding carboxylic acids is 2. The third-order valence-electron chi connectivity index (χ3n) is 5.79. The first-order valence-electron chi connectivity index (χ1n) is 10.8. The first-order valence-corrected chi connectivity index (χ1v) is 12.0. The van der Waals surface area contributed by atoms with Crippen molar-refractivity contribution in [2.75, 3.05) is 5.32 Å². The number of nitrogens with one attached hydrogen (secondary N) is 2. The van der Waals surface area contributed by atoms with Crippen LogP contribution in [0.4, 0.5) is 5.69 Å². The van der Waals surface area contributed by atoms with Gasteiger partial charge >= 0.3 is 5.97 Å². The number of hydrogen-bond acceptors (Lipinski definition) is 5. The zero-order chi connectivity index (χ0) is 24.4. The van der Waals surface area contributed by atoms with E-state index in [2.05, 4.69) is 29.4 Å². The van der Waals surface area contributed by atoms with Gasteiger partial charge in [0.05, 0.1) is 14.8 Å². The predicted octanol–water partition coefficient (Wildman–Crippen LogP) is 5.43. The number of rotatable bonds is 7. The molecule has 0 saturated carbocycles. The van der Waals surface area contributed by atoms with Crippen LogP contribution >= 0.6 is 35.3 Å². The molecule has 10 heteroatoms. The molecule has 35 heavy (non-hydrogen) atoms. The number of fused-ring (bicyclic) bond motifs is 1. The quantitative estimate of drug-likeness (QED) is 0.376. The van der Waals surface area contributed by atoms with E-state index in [1.54, 1.807) is 24.3 Å². The van der Waals surface area contributed by atoms with Gasteiger partial charge in [0.1, 0.15) is 0 Å². The van der Waals surface area contributed by atoms with Crippen LogP contribution in [0, 0.1) is 0 Å². The fourth-order valence-electron chi connectivity index (χ4n) is 3.80. The Morgan fingerprint density at radius 1 is 1.00 bits per heavy atom. The molecule has 0 unspecified atom stereocenters. The van der Waals surface area contributed by atoms with Gasteiger partial charge in [-0.25, -0.2) is 4.79 Å². The molecule has 0 radical (unpaired) electrons. The van der Waals surface area contributed by atoms with E-state index in [1.807, 2.05) is 12.1 Å².